The number of thiophene rings is 1. The SMILES string of the molecule is CC(C)[C@H](C(=O)O)N1Cc2cc(NC(=O)c3ccc(-n4cccn4)cc3)sc2S1(=O)=O. The number of carboxylic acids is 1. The van der Waals surface area contributed by atoms with Crippen molar-refractivity contribution < 1.29 is 23.1 Å². The molecule has 3 heterocycles. The molecule has 4 rings (SSSR count). The maximum atomic E-state index is 12.9. The summed E-state index contributed by atoms with van der Waals surface area (Å²) in [6.45, 7) is 3.31. The van der Waals surface area contributed by atoms with E-state index in [1.54, 1.807) is 67.3 Å². The van der Waals surface area contributed by atoms with E-state index in [9.17, 15) is 23.1 Å². The number of carboxylic acid groups (broad SMARTS) is 1. The van der Waals surface area contributed by atoms with Gasteiger partial charge in [-0.2, -0.15) is 9.40 Å². The fraction of sp³-hybridized carbons (Fsp3) is 0.250. The molecule has 0 unspecified atom stereocenters. The van der Waals surface area contributed by atoms with Gasteiger partial charge in [-0.15, -0.1) is 11.3 Å². The zero-order chi connectivity index (χ0) is 22.3. The highest BCUT2D eigenvalue weighted by atomic mass is 32.2. The number of hydrogen-bond donors (Lipinski definition) is 2. The maximum Gasteiger partial charge on any atom is 0.322 e. The van der Waals surface area contributed by atoms with E-state index in [0.717, 1.165) is 21.3 Å². The average molecular weight is 461 g/mol. The summed E-state index contributed by atoms with van der Waals surface area (Å²) in [5, 5.41) is 16.7. The van der Waals surface area contributed by atoms with Gasteiger partial charge in [0.1, 0.15) is 10.3 Å². The molecule has 11 heteroatoms. The van der Waals surface area contributed by atoms with Crippen LogP contribution in [0.25, 0.3) is 5.69 Å². The first kappa shape index (κ1) is 21.2. The molecule has 1 amide bonds. The minimum atomic E-state index is -3.94. The van der Waals surface area contributed by atoms with Crippen molar-refractivity contribution in [3.63, 3.8) is 0 Å². The molecule has 1 atom stereocenters. The lowest BCUT2D eigenvalue weighted by atomic mass is 10.0. The van der Waals surface area contributed by atoms with E-state index < -0.39 is 22.0 Å². The lowest BCUT2D eigenvalue weighted by molar-refractivity contribution is -0.143. The van der Waals surface area contributed by atoms with Crippen LogP contribution >= 0.6 is 11.3 Å². The van der Waals surface area contributed by atoms with Gasteiger partial charge in [-0.3, -0.25) is 9.59 Å². The Hall–Kier alpha value is -3.02. The summed E-state index contributed by atoms with van der Waals surface area (Å²) >= 11 is 0.929. The Morgan fingerprint density at radius 2 is 1.94 bits per heavy atom. The summed E-state index contributed by atoms with van der Waals surface area (Å²) in [4.78, 5) is 24.2. The number of anilines is 1. The minimum Gasteiger partial charge on any atom is -0.480 e. The Morgan fingerprint density at radius 1 is 1.23 bits per heavy atom. The second kappa shape index (κ2) is 7.91. The number of nitrogens with zero attached hydrogens (tertiary/aromatic N) is 3. The lowest BCUT2D eigenvalue weighted by Crippen LogP contribution is -2.44. The molecule has 0 radical (unpaired) electrons. The molecule has 1 aliphatic heterocycles. The highest BCUT2D eigenvalue weighted by Crippen LogP contribution is 2.41. The molecule has 0 fully saturated rings. The molecule has 1 aromatic carbocycles. The van der Waals surface area contributed by atoms with Crippen LogP contribution in [0.1, 0.15) is 29.8 Å². The highest BCUT2D eigenvalue weighted by Gasteiger charge is 2.45. The molecule has 0 saturated heterocycles. The van der Waals surface area contributed by atoms with E-state index in [4.69, 9.17) is 0 Å². The highest BCUT2D eigenvalue weighted by molar-refractivity contribution is 7.91. The minimum absolute atomic E-state index is 0.0300. The predicted molar refractivity (Wildman–Crippen MR) is 115 cm³/mol. The van der Waals surface area contributed by atoms with Crippen molar-refractivity contribution in [3.05, 3.63) is 59.9 Å². The molecule has 0 saturated carbocycles. The normalized spacial score (nSPS) is 16.2. The Bertz CT molecular complexity index is 1230. The third-order valence-corrected chi connectivity index (χ3v) is 8.44. The van der Waals surface area contributed by atoms with Crippen molar-refractivity contribution in [3.8, 4) is 5.69 Å². The van der Waals surface area contributed by atoms with Crippen molar-refractivity contribution in [1.29, 1.82) is 0 Å². The summed E-state index contributed by atoms with van der Waals surface area (Å²) in [5.74, 6) is -1.93. The quantitative estimate of drug-likeness (QED) is 0.583. The third kappa shape index (κ3) is 3.87. The first-order chi connectivity index (χ1) is 14.7. The number of carbonyl (C=O) groups excluding carboxylic acids is 1. The molecule has 31 heavy (non-hydrogen) atoms. The van der Waals surface area contributed by atoms with Crippen LogP contribution in [-0.4, -0.2) is 45.5 Å². The van der Waals surface area contributed by atoms with E-state index in [2.05, 4.69) is 10.4 Å². The molecular weight excluding hydrogens is 440 g/mol. The molecule has 0 aliphatic carbocycles. The first-order valence-electron chi connectivity index (χ1n) is 9.47. The van der Waals surface area contributed by atoms with Gasteiger partial charge in [0, 0.05) is 30.1 Å². The van der Waals surface area contributed by atoms with E-state index >= 15 is 0 Å². The Balaban J connectivity index is 1.51. The largest absolute Gasteiger partial charge is 0.480 e. The molecule has 2 N–H and O–H groups in total. The summed E-state index contributed by atoms with van der Waals surface area (Å²) in [5.41, 5.74) is 1.71. The number of aliphatic carboxylic acids is 1. The van der Waals surface area contributed by atoms with Gasteiger partial charge in [0.25, 0.3) is 15.9 Å². The van der Waals surface area contributed by atoms with Crippen LogP contribution in [0.5, 0.6) is 0 Å². The van der Waals surface area contributed by atoms with Crippen LogP contribution in [0.3, 0.4) is 0 Å². The van der Waals surface area contributed by atoms with Crippen LogP contribution in [0, 0.1) is 5.92 Å². The standard InChI is InChI=1S/C20H20N4O5S2/c1-12(2)17(19(26)27)24-11-14-10-16(30-20(14)31(24,28)29)22-18(25)13-4-6-15(7-5-13)23-9-3-8-21-23/h3-10,12,17H,11H2,1-2H3,(H,22,25)(H,26,27)/t17-/m1/s1. The average Bonchev–Trinajstić information content (AvgIpc) is 3.41. The van der Waals surface area contributed by atoms with Gasteiger partial charge < -0.3 is 10.4 Å². The number of nitrogens with one attached hydrogen (secondary N) is 1. The number of rotatable bonds is 6. The molecule has 0 bridgehead atoms. The molecule has 3 aromatic rings. The molecule has 9 nitrogen and oxygen atoms in total. The zero-order valence-corrected chi connectivity index (χ0v) is 18.4. The topological polar surface area (TPSA) is 122 Å². The molecule has 1 aliphatic rings. The summed E-state index contributed by atoms with van der Waals surface area (Å²) < 4.78 is 28.6. The van der Waals surface area contributed by atoms with Gasteiger partial charge in [0.15, 0.2) is 0 Å². The van der Waals surface area contributed by atoms with E-state index in [-0.39, 0.29) is 22.6 Å². The Morgan fingerprint density at radius 3 is 2.48 bits per heavy atom. The fourth-order valence-corrected chi connectivity index (χ4v) is 6.91. The number of aromatic nitrogens is 2. The van der Waals surface area contributed by atoms with Crippen LogP contribution in [0.2, 0.25) is 0 Å². The van der Waals surface area contributed by atoms with Crippen molar-refractivity contribution in [2.45, 2.75) is 30.6 Å². The van der Waals surface area contributed by atoms with Crippen molar-refractivity contribution in [1.82, 2.24) is 14.1 Å². The molecular formula is C20H20N4O5S2. The maximum absolute atomic E-state index is 12.9. The number of carbonyl (C=O) groups is 2. The Labute approximate surface area is 183 Å². The molecule has 0 spiro atoms. The van der Waals surface area contributed by atoms with Gasteiger partial charge in [0.05, 0.1) is 10.7 Å². The van der Waals surface area contributed by atoms with E-state index in [1.807, 2.05) is 0 Å². The van der Waals surface area contributed by atoms with Gasteiger partial charge in [-0.05, 0) is 42.3 Å². The van der Waals surface area contributed by atoms with Crippen molar-refractivity contribution >= 4 is 38.2 Å². The van der Waals surface area contributed by atoms with Gasteiger partial charge in [-0.1, -0.05) is 13.8 Å². The number of fused-ring (bicyclic) bond motifs is 1. The number of benzene rings is 1. The summed E-state index contributed by atoms with van der Waals surface area (Å²) in [7, 11) is -3.94. The lowest BCUT2D eigenvalue weighted by Gasteiger charge is -2.25. The predicted octanol–water partition coefficient (Wildman–Crippen LogP) is 2.80. The molecule has 162 valence electrons. The first-order valence-corrected chi connectivity index (χ1v) is 11.7. The number of sulfonamides is 1. The third-order valence-electron chi connectivity index (χ3n) is 4.97. The second-order valence-corrected chi connectivity index (χ2v) is 10.6. The van der Waals surface area contributed by atoms with Crippen LogP contribution in [0.4, 0.5) is 5.00 Å². The van der Waals surface area contributed by atoms with Crippen LogP contribution in [0.15, 0.2) is 53.0 Å². The van der Waals surface area contributed by atoms with Gasteiger partial charge in [0.2, 0.25) is 0 Å². The van der Waals surface area contributed by atoms with Gasteiger partial charge in [-0.25, -0.2) is 13.1 Å². The smallest absolute Gasteiger partial charge is 0.322 e. The number of hydrogen-bond acceptors (Lipinski definition) is 6. The van der Waals surface area contributed by atoms with Gasteiger partial charge >= 0.3 is 5.97 Å². The fourth-order valence-electron chi connectivity index (χ4n) is 3.52. The van der Waals surface area contributed by atoms with Crippen LogP contribution < -0.4 is 5.32 Å². The van der Waals surface area contributed by atoms with Crippen molar-refractivity contribution in [2.24, 2.45) is 5.92 Å². The number of amides is 1. The second-order valence-electron chi connectivity index (χ2n) is 7.45. The zero-order valence-electron chi connectivity index (χ0n) is 16.7. The van der Waals surface area contributed by atoms with Crippen LogP contribution in [-0.2, 0) is 21.4 Å². The van der Waals surface area contributed by atoms with E-state index in [1.165, 1.54) is 0 Å². The summed E-state index contributed by atoms with van der Waals surface area (Å²) in [6.07, 6.45) is 3.45. The van der Waals surface area contributed by atoms with E-state index in [0.29, 0.717) is 16.1 Å². The Kier molecular flexibility index (Phi) is 5.42. The molecule has 2 aromatic heterocycles. The monoisotopic (exact) mass is 460 g/mol. The van der Waals surface area contributed by atoms with Crippen molar-refractivity contribution in [2.75, 3.05) is 5.32 Å². The summed E-state index contributed by atoms with van der Waals surface area (Å²) in [6, 6.07) is 9.08.